The zero-order chi connectivity index (χ0) is 20.1. The SMILES string of the molecule is CC(C)(C)OC(=O)NCc1ccc(C(=O)N[C@H]2CCOc3ccccc32)cc1. The molecule has 0 aliphatic carbocycles. The van der Waals surface area contributed by atoms with E-state index >= 15 is 0 Å². The lowest BCUT2D eigenvalue weighted by atomic mass is 10.00. The molecule has 6 heteroatoms. The van der Waals surface area contributed by atoms with Crippen LogP contribution in [0.2, 0.25) is 0 Å². The molecular weight excluding hydrogens is 356 g/mol. The Kier molecular flexibility index (Phi) is 5.87. The van der Waals surface area contributed by atoms with Gasteiger partial charge in [-0.25, -0.2) is 4.79 Å². The minimum absolute atomic E-state index is 0.0639. The summed E-state index contributed by atoms with van der Waals surface area (Å²) in [6, 6.07) is 14.9. The Labute approximate surface area is 165 Å². The van der Waals surface area contributed by atoms with Crippen molar-refractivity contribution < 1.29 is 19.1 Å². The quantitative estimate of drug-likeness (QED) is 0.839. The minimum Gasteiger partial charge on any atom is -0.493 e. The summed E-state index contributed by atoms with van der Waals surface area (Å²) in [6.45, 7) is 6.37. The minimum atomic E-state index is -0.533. The topological polar surface area (TPSA) is 76.7 Å². The summed E-state index contributed by atoms with van der Waals surface area (Å²) in [5.74, 6) is 0.691. The van der Waals surface area contributed by atoms with E-state index in [0.717, 1.165) is 23.3 Å². The molecule has 0 fully saturated rings. The van der Waals surface area contributed by atoms with Crippen LogP contribution in [0.3, 0.4) is 0 Å². The largest absolute Gasteiger partial charge is 0.493 e. The molecule has 1 aliphatic rings. The van der Waals surface area contributed by atoms with Crippen LogP contribution in [0, 0.1) is 0 Å². The van der Waals surface area contributed by atoms with Gasteiger partial charge in [-0.2, -0.15) is 0 Å². The Morgan fingerprint density at radius 1 is 1.11 bits per heavy atom. The summed E-state index contributed by atoms with van der Waals surface area (Å²) in [5, 5.41) is 5.78. The third kappa shape index (κ3) is 5.25. The van der Waals surface area contributed by atoms with Crippen LogP contribution in [-0.4, -0.2) is 24.2 Å². The van der Waals surface area contributed by atoms with E-state index in [4.69, 9.17) is 9.47 Å². The highest BCUT2D eigenvalue weighted by Gasteiger charge is 2.23. The van der Waals surface area contributed by atoms with Crippen molar-refractivity contribution in [3.8, 4) is 5.75 Å². The number of carbonyl (C=O) groups is 2. The Hall–Kier alpha value is -3.02. The number of amides is 2. The zero-order valence-electron chi connectivity index (χ0n) is 16.5. The standard InChI is InChI=1S/C22H26N2O4/c1-22(2,3)28-21(26)23-14-15-8-10-16(11-9-15)20(25)24-18-12-13-27-19-7-5-4-6-17(18)19/h4-11,18H,12-14H2,1-3H3,(H,23,26)(H,24,25)/t18-/m0/s1. The molecular formula is C22H26N2O4. The van der Waals surface area contributed by atoms with Gasteiger partial charge in [0, 0.05) is 24.1 Å². The van der Waals surface area contributed by atoms with Crippen molar-refractivity contribution >= 4 is 12.0 Å². The van der Waals surface area contributed by atoms with Gasteiger partial charge in [0.15, 0.2) is 0 Å². The first-order chi connectivity index (χ1) is 13.3. The van der Waals surface area contributed by atoms with Gasteiger partial charge in [-0.1, -0.05) is 30.3 Å². The maximum atomic E-state index is 12.6. The van der Waals surface area contributed by atoms with Crippen LogP contribution in [0.25, 0.3) is 0 Å². The molecule has 2 aromatic rings. The van der Waals surface area contributed by atoms with Gasteiger partial charge in [0.25, 0.3) is 5.91 Å². The van der Waals surface area contributed by atoms with Crippen LogP contribution >= 0.6 is 0 Å². The van der Waals surface area contributed by atoms with E-state index < -0.39 is 11.7 Å². The Bertz CT molecular complexity index is 840. The molecule has 0 radical (unpaired) electrons. The molecule has 0 spiro atoms. The van der Waals surface area contributed by atoms with Gasteiger partial charge < -0.3 is 20.1 Å². The van der Waals surface area contributed by atoms with Crippen LogP contribution in [0.5, 0.6) is 5.75 Å². The average molecular weight is 382 g/mol. The van der Waals surface area contributed by atoms with Crippen molar-refractivity contribution in [1.82, 2.24) is 10.6 Å². The average Bonchev–Trinajstić information content (AvgIpc) is 2.66. The molecule has 28 heavy (non-hydrogen) atoms. The van der Waals surface area contributed by atoms with Crippen LogP contribution in [0.15, 0.2) is 48.5 Å². The number of alkyl carbamates (subject to hydrolysis) is 1. The van der Waals surface area contributed by atoms with Gasteiger partial charge in [0.05, 0.1) is 12.6 Å². The molecule has 1 atom stereocenters. The van der Waals surface area contributed by atoms with Crippen molar-refractivity contribution in [3.05, 3.63) is 65.2 Å². The first-order valence-corrected chi connectivity index (χ1v) is 9.40. The van der Waals surface area contributed by atoms with Crippen molar-refractivity contribution in [2.45, 2.75) is 45.4 Å². The van der Waals surface area contributed by atoms with Crippen LogP contribution in [0.4, 0.5) is 4.79 Å². The van der Waals surface area contributed by atoms with E-state index in [1.165, 1.54) is 0 Å². The highest BCUT2D eigenvalue weighted by molar-refractivity contribution is 5.94. The molecule has 6 nitrogen and oxygen atoms in total. The second kappa shape index (κ2) is 8.33. The highest BCUT2D eigenvalue weighted by atomic mass is 16.6. The number of para-hydroxylation sites is 1. The molecule has 0 saturated heterocycles. The zero-order valence-corrected chi connectivity index (χ0v) is 16.5. The normalized spacial score (nSPS) is 15.8. The fraction of sp³-hybridized carbons (Fsp3) is 0.364. The fourth-order valence-corrected chi connectivity index (χ4v) is 3.00. The van der Waals surface area contributed by atoms with Crippen LogP contribution < -0.4 is 15.4 Å². The number of fused-ring (bicyclic) bond motifs is 1. The summed E-state index contributed by atoms with van der Waals surface area (Å²) in [7, 11) is 0. The maximum Gasteiger partial charge on any atom is 0.407 e. The first kappa shape index (κ1) is 19.7. The lowest BCUT2D eigenvalue weighted by Gasteiger charge is -2.26. The predicted octanol–water partition coefficient (Wildman–Crippen LogP) is 3.96. The van der Waals surface area contributed by atoms with Gasteiger partial charge in [-0.15, -0.1) is 0 Å². The monoisotopic (exact) mass is 382 g/mol. The van der Waals surface area contributed by atoms with Gasteiger partial charge >= 0.3 is 6.09 Å². The Morgan fingerprint density at radius 2 is 1.82 bits per heavy atom. The number of benzene rings is 2. The molecule has 2 N–H and O–H groups in total. The number of hydrogen-bond donors (Lipinski definition) is 2. The lowest BCUT2D eigenvalue weighted by Crippen LogP contribution is -2.32. The van der Waals surface area contributed by atoms with Crippen LogP contribution in [0.1, 0.15) is 54.7 Å². The second-order valence-corrected chi connectivity index (χ2v) is 7.75. The number of ether oxygens (including phenoxy) is 2. The smallest absolute Gasteiger partial charge is 0.407 e. The lowest BCUT2D eigenvalue weighted by molar-refractivity contribution is 0.0523. The molecule has 1 heterocycles. The second-order valence-electron chi connectivity index (χ2n) is 7.75. The summed E-state index contributed by atoms with van der Waals surface area (Å²) >= 11 is 0. The van der Waals surface area contributed by atoms with Gasteiger partial charge in [0.2, 0.25) is 0 Å². The molecule has 2 amide bonds. The Balaban J connectivity index is 1.57. The third-order valence-electron chi connectivity index (χ3n) is 4.32. The van der Waals surface area contributed by atoms with Gasteiger partial charge in [-0.3, -0.25) is 4.79 Å². The summed E-state index contributed by atoms with van der Waals surface area (Å²) in [5.41, 5.74) is 1.93. The van der Waals surface area contributed by atoms with Gasteiger partial charge in [-0.05, 0) is 44.5 Å². The molecule has 0 saturated carbocycles. The predicted molar refractivity (Wildman–Crippen MR) is 106 cm³/mol. The van der Waals surface area contributed by atoms with E-state index in [0.29, 0.717) is 18.7 Å². The van der Waals surface area contributed by atoms with Crippen molar-refractivity contribution in [3.63, 3.8) is 0 Å². The van der Waals surface area contributed by atoms with Crippen molar-refractivity contribution in [2.24, 2.45) is 0 Å². The molecule has 2 aromatic carbocycles. The summed E-state index contributed by atoms with van der Waals surface area (Å²) < 4.78 is 10.8. The first-order valence-electron chi connectivity index (χ1n) is 9.40. The summed E-state index contributed by atoms with van der Waals surface area (Å²) in [4.78, 5) is 24.3. The number of rotatable bonds is 4. The Morgan fingerprint density at radius 3 is 2.54 bits per heavy atom. The molecule has 0 aromatic heterocycles. The molecule has 0 unspecified atom stereocenters. The molecule has 148 valence electrons. The molecule has 1 aliphatic heterocycles. The highest BCUT2D eigenvalue weighted by Crippen LogP contribution is 2.31. The summed E-state index contributed by atoms with van der Waals surface area (Å²) in [6.07, 6.45) is 0.271. The van der Waals surface area contributed by atoms with E-state index in [1.54, 1.807) is 12.1 Å². The maximum absolute atomic E-state index is 12.6. The molecule has 0 bridgehead atoms. The van der Waals surface area contributed by atoms with E-state index in [1.807, 2.05) is 57.2 Å². The van der Waals surface area contributed by atoms with E-state index in [-0.39, 0.29) is 11.9 Å². The van der Waals surface area contributed by atoms with Gasteiger partial charge in [0.1, 0.15) is 11.4 Å². The van der Waals surface area contributed by atoms with Crippen molar-refractivity contribution in [2.75, 3.05) is 6.61 Å². The number of carbonyl (C=O) groups excluding carboxylic acids is 2. The number of nitrogens with one attached hydrogen (secondary N) is 2. The van der Waals surface area contributed by atoms with Crippen LogP contribution in [-0.2, 0) is 11.3 Å². The van der Waals surface area contributed by atoms with E-state index in [2.05, 4.69) is 10.6 Å². The number of hydrogen-bond acceptors (Lipinski definition) is 4. The molecule has 3 rings (SSSR count). The van der Waals surface area contributed by atoms with E-state index in [9.17, 15) is 9.59 Å². The third-order valence-corrected chi connectivity index (χ3v) is 4.32. The van der Waals surface area contributed by atoms with Crippen molar-refractivity contribution in [1.29, 1.82) is 0 Å². The fourth-order valence-electron chi connectivity index (χ4n) is 3.00.